The van der Waals surface area contributed by atoms with Crippen LogP contribution < -0.4 is 5.32 Å². The lowest BCUT2D eigenvalue weighted by atomic mass is 10.2. The summed E-state index contributed by atoms with van der Waals surface area (Å²) in [5, 5.41) is 11.0. The minimum atomic E-state index is -3.35. The zero-order chi connectivity index (χ0) is 14.6. The summed E-state index contributed by atoms with van der Waals surface area (Å²) < 4.78 is 22.8. The Morgan fingerprint density at radius 1 is 1.26 bits per heavy atom. The standard InChI is InChI=1S/C12H15NO5S/c1-8-3-4-9(19(2,17)18)7-10(8)13-11(14)5-6-12(15)16/h3-4,7H,5-6H2,1-2H3,(H,13,14)(H,15,16). The molecule has 0 saturated carbocycles. The Bertz CT molecular complexity index is 607. The first-order chi connectivity index (χ1) is 8.70. The number of hydrogen-bond acceptors (Lipinski definition) is 4. The number of aryl methyl sites for hydroxylation is 1. The largest absolute Gasteiger partial charge is 0.481 e. The molecule has 0 fully saturated rings. The van der Waals surface area contributed by atoms with E-state index in [1.54, 1.807) is 13.0 Å². The summed E-state index contributed by atoms with van der Waals surface area (Å²) in [5.41, 5.74) is 1.08. The summed E-state index contributed by atoms with van der Waals surface area (Å²) in [6.45, 7) is 1.72. The van der Waals surface area contributed by atoms with Crippen LogP contribution in [0, 0.1) is 6.92 Å². The third-order valence-electron chi connectivity index (χ3n) is 2.48. The van der Waals surface area contributed by atoms with Gasteiger partial charge in [-0.3, -0.25) is 9.59 Å². The molecule has 7 heteroatoms. The van der Waals surface area contributed by atoms with Gasteiger partial charge in [0.25, 0.3) is 0 Å². The number of nitrogens with one attached hydrogen (secondary N) is 1. The number of carbonyl (C=O) groups excluding carboxylic acids is 1. The molecule has 104 valence electrons. The molecule has 2 N–H and O–H groups in total. The zero-order valence-corrected chi connectivity index (χ0v) is 11.5. The number of amides is 1. The lowest BCUT2D eigenvalue weighted by molar-refractivity contribution is -0.138. The number of rotatable bonds is 5. The first-order valence-electron chi connectivity index (χ1n) is 5.52. The number of benzene rings is 1. The molecule has 0 aliphatic rings. The molecular formula is C12H15NO5S. The summed E-state index contributed by atoms with van der Waals surface area (Å²) in [6.07, 6.45) is 0.655. The molecule has 0 saturated heterocycles. The van der Waals surface area contributed by atoms with Crippen LogP contribution in [0.1, 0.15) is 18.4 Å². The molecule has 0 radical (unpaired) electrons. The monoisotopic (exact) mass is 285 g/mol. The molecule has 0 bridgehead atoms. The van der Waals surface area contributed by atoms with Gasteiger partial charge in [-0.15, -0.1) is 0 Å². The minimum Gasteiger partial charge on any atom is -0.481 e. The molecule has 0 atom stereocenters. The van der Waals surface area contributed by atoms with Crippen LogP contribution in [0.15, 0.2) is 23.1 Å². The number of hydrogen-bond donors (Lipinski definition) is 2. The van der Waals surface area contributed by atoms with Gasteiger partial charge in [0.05, 0.1) is 11.3 Å². The van der Waals surface area contributed by atoms with Gasteiger partial charge in [-0.05, 0) is 24.6 Å². The van der Waals surface area contributed by atoms with Gasteiger partial charge in [-0.2, -0.15) is 0 Å². The predicted octanol–water partition coefficient (Wildman–Crippen LogP) is 1.20. The predicted molar refractivity (Wildman–Crippen MR) is 69.8 cm³/mol. The second-order valence-electron chi connectivity index (χ2n) is 4.19. The van der Waals surface area contributed by atoms with E-state index >= 15 is 0 Å². The van der Waals surface area contributed by atoms with Gasteiger partial charge < -0.3 is 10.4 Å². The van der Waals surface area contributed by atoms with Gasteiger partial charge >= 0.3 is 5.97 Å². The fourth-order valence-electron chi connectivity index (χ4n) is 1.40. The third kappa shape index (κ3) is 4.70. The topological polar surface area (TPSA) is 101 Å². The maximum absolute atomic E-state index is 11.5. The highest BCUT2D eigenvalue weighted by Crippen LogP contribution is 2.20. The first-order valence-corrected chi connectivity index (χ1v) is 7.41. The van der Waals surface area contributed by atoms with Gasteiger partial charge in [-0.25, -0.2) is 8.42 Å². The highest BCUT2D eigenvalue weighted by atomic mass is 32.2. The van der Waals surface area contributed by atoms with Crippen LogP contribution in [-0.4, -0.2) is 31.7 Å². The van der Waals surface area contributed by atoms with E-state index in [0.717, 1.165) is 6.26 Å². The van der Waals surface area contributed by atoms with E-state index in [-0.39, 0.29) is 17.7 Å². The van der Waals surface area contributed by atoms with E-state index in [1.807, 2.05) is 0 Å². The molecule has 1 aromatic carbocycles. The van der Waals surface area contributed by atoms with Crippen LogP contribution in [0.5, 0.6) is 0 Å². The van der Waals surface area contributed by atoms with Crippen molar-refractivity contribution in [3.63, 3.8) is 0 Å². The second kappa shape index (κ2) is 5.83. The van der Waals surface area contributed by atoms with Crippen molar-refractivity contribution in [2.24, 2.45) is 0 Å². The van der Waals surface area contributed by atoms with Crippen molar-refractivity contribution in [2.45, 2.75) is 24.7 Å². The highest BCUT2D eigenvalue weighted by Gasteiger charge is 2.12. The van der Waals surface area contributed by atoms with Crippen LogP contribution in [0.3, 0.4) is 0 Å². The molecule has 6 nitrogen and oxygen atoms in total. The molecule has 19 heavy (non-hydrogen) atoms. The van der Waals surface area contributed by atoms with E-state index < -0.39 is 21.7 Å². The van der Waals surface area contributed by atoms with Crippen molar-refractivity contribution in [1.82, 2.24) is 0 Å². The Labute approximate surface area is 111 Å². The Balaban J connectivity index is 2.89. The number of anilines is 1. The molecule has 0 aliphatic carbocycles. The summed E-state index contributed by atoms with van der Waals surface area (Å²) >= 11 is 0. The number of carboxylic acid groups (broad SMARTS) is 1. The van der Waals surface area contributed by atoms with Crippen LogP contribution in [-0.2, 0) is 19.4 Å². The van der Waals surface area contributed by atoms with Gasteiger partial charge in [0.1, 0.15) is 0 Å². The van der Waals surface area contributed by atoms with Crippen LogP contribution >= 0.6 is 0 Å². The average Bonchev–Trinajstić information content (AvgIpc) is 2.28. The Hall–Kier alpha value is -1.89. The van der Waals surface area contributed by atoms with Gasteiger partial charge in [0, 0.05) is 18.4 Å². The zero-order valence-electron chi connectivity index (χ0n) is 10.6. The van der Waals surface area contributed by atoms with Crippen molar-refractivity contribution in [3.8, 4) is 0 Å². The smallest absolute Gasteiger partial charge is 0.303 e. The second-order valence-corrected chi connectivity index (χ2v) is 6.21. The summed E-state index contributed by atoms with van der Waals surface area (Å²) in [4.78, 5) is 22.0. The molecule has 0 unspecified atom stereocenters. The SMILES string of the molecule is Cc1ccc(S(C)(=O)=O)cc1NC(=O)CCC(=O)O. The lowest BCUT2D eigenvalue weighted by Crippen LogP contribution is -2.14. The van der Waals surface area contributed by atoms with Crippen LogP contribution in [0.25, 0.3) is 0 Å². The highest BCUT2D eigenvalue weighted by molar-refractivity contribution is 7.90. The maximum Gasteiger partial charge on any atom is 0.303 e. The number of carboxylic acids is 1. The van der Waals surface area contributed by atoms with Gasteiger partial charge in [0.2, 0.25) is 5.91 Å². The Morgan fingerprint density at radius 2 is 1.89 bits per heavy atom. The fraction of sp³-hybridized carbons (Fsp3) is 0.333. The van der Waals surface area contributed by atoms with Crippen molar-refractivity contribution in [1.29, 1.82) is 0 Å². The van der Waals surface area contributed by atoms with Crippen LogP contribution in [0.4, 0.5) is 5.69 Å². The molecule has 0 aromatic heterocycles. The normalized spacial score (nSPS) is 11.1. The average molecular weight is 285 g/mol. The maximum atomic E-state index is 11.5. The summed E-state index contributed by atoms with van der Waals surface area (Å²) in [7, 11) is -3.35. The quantitative estimate of drug-likeness (QED) is 0.846. The van der Waals surface area contributed by atoms with Crippen LogP contribution in [0.2, 0.25) is 0 Å². The summed E-state index contributed by atoms with van der Waals surface area (Å²) in [5.74, 6) is -1.52. The van der Waals surface area contributed by atoms with Crippen molar-refractivity contribution < 1.29 is 23.1 Å². The molecule has 1 aromatic rings. The molecule has 1 amide bonds. The third-order valence-corrected chi connectivity index (χ3v) is 3.59. The Morgan fingerprint density at radius 3 is 2.42 bits per heavy atom. The van der Waals surface area contributed by atoms with E-state index in [2.05, 4.69) is 5.32 Å². The van der Waals surface area contributed by atoms with Gasteiger partial charge in [0.15, 0.2) is 9.84 Å². The van der Waals surface area contributed by atoms with Crippen molar-refractivity contribution >= 4 is 27.4 Å². The van der Waals surface area contributed by atoms with E-state index in [0.29, 0.717) is 11.3 Å². The Kier molecular flexibility index (Phi) is 4.66. The lowest BCUT2D eigenvalue weighted by Gasteiger charge is -2.09. The first kappa shape index (κ1) is 15.2. The van der Waals surface area contributed by atoms with Crippen molar-refractivity contribution in [2.75, 3.05) is 11.6 Å². The number of aliphatic carboxylic acids is 1. The number of sulfone groups is 1. The van der Waals surface area contributed by atoms with Gasteiger partial charge in [-0.1, -0.05) is 6.07 Å². The fourth-order valence-corrected chi connectivity index (χ4v) is 2.05. The summed E-state index contributed by atoms with van der Waals surface area (Å²) in [6, 6.07) is 4.41. The molecular weight excluding hydrogens is 270 g/mol. The van der Waals surface area contributed by atoms with E-state index in [1.165, 1.54) is 12.1 Å². The molecule has 1 rings (SSSR count). The minimum absolute atomic E-state index is 0.103. The van der Waals surface area contributed by atoms with Crippen molar-refractivity contribution in [3.05, 3.63) is 23.8 Å². The molecule has 0 spiro atoms. The number of carbonyl (C=O) groups is 2. The van der Waals surface area contributed by atoms with E-state index in [9.17, 15) is 18.0 Å². The molecule has 0 heterocycles. The van der Waals surface area contributed by atoms with E-state index in [4.69, 9.17) is 5.11 Å². The molecule has 0 aliphatic heterocycles.